The van der Waals surface area contributed by atoms with E-state index in [1.807, 2.05) is 0 Å². The van der Waals surface area contributed by atoms with Crippen LogP contribution in [0.3, 0.4) is 0 Å². The summed E-state index contributed by atoms with van der Waals surface area (Å²) >= 11 is 0. The Morgan fingerprint density at radius 3 is 2.31 bits per heavy atom. The maximum atomic E-state index is 12.4. The minimum absolute atomic E-state index is 0.327. The van der Waals surface area contributed by atoms with Gasteiger partial charge in [-0.25, -0.2) is 0 Å². The van der Waals surface area contributed by atoms with E-state index in [0.717, 1.165) is 0 Å². The third-order valence-electron chi connectivity index (χ3n) is 2.56. The highest BCUT2D eigenvalue weighted by Crippen LogP contribution is 2.41. The van der Waals surface area contributed by atoms with Gasteiger partial charge in [0.05, 0.1) is 0 Å². The lowest BCUT2D eigenvalue weighted by Crippen LogP contribution is -2.26. The summed E-state index contributed by atoms with van der Waals surface area (Å²) in [5, 5.41) is 0. The van der Waals surface area contributed by atoms with Crippen molar-refractivity contribution in [2.75, 3.05) is 0 Å². The number of benzene rings is 1. The summed E-state index contributed by atoms with van der Waals surface area (Å²) in [7, 11) is 0. The van der Waals surface area contributed by atoms with Crippen molar-refractivity contribution < 1.29 is 22.7 Å². The molecule has 5 heteroatoms. The number of halogens is 3. The van der Waals surface area contributed by atoms with Gasteiger partial charge in [0.25, 0.3) is 0 Å². The molecule has 1 aromatic rings. The van der Waals surface area contributed by atoms with Gasteiger partial charge in [-0.1, -0.05) is 30.3 Å². The highest BCUT2D eigenvalue weighted by atomic mass is 19.4. The van der Waals surface area contributed by atoms with Crippen LogP contribution in [-0.2, 0) is 9.53 Å². The molecule has 86 valence electrons. The number of hydrogen-bond acceptors (Lipinski definition) is 2. The lowest BCUT2D eigenvalue weighted by Gasteiger charge is -2.10. The summed E-state index contributed by atoms with van der Waals surface area (Å²) in [6, 6.07) is 8.45. The van der Waals surface area contributed by atoms with Crippen LogP contribution in [0.1, 0.15) is 18.1 Å². The molecular formula is C11H9F3O2. The van der Waals surface area contributed by atoms with Gasteiger partial charge in [-0.15, -0.1) is 0 Å². The summed E-state index contributed by atoms with van der Waals surface area (Å²) in [5.74, 6) is -3.17. The van der Waals surface area contributed by atoms with Crippen LogP contribution in [0.5, 0.6) is 0 Å². The minimum atomic E-state index is -4.51. The van der Waals surface area contributed by atoms with Gasteiger partial charge in [-0.05, 0) is 5.56 Å². The van der Waals surface area contributed by atoms with E-state index in [9.17, 15) is 18.0 Å². The smallest absolute Gasteiger partial charge is 0.402 e. The van der Waals surface area contributed by atoms with E-state index in [-0.39, 0.29) is 6.42 Å². The van der Waals surface area contributed by atoms with Crippen LogP contribution in [-0.4, -0.2) is 12.1 Å². The van der Waals surface area contributed by atoms with Crippen molar-refractivity contribution in [2.45, 2.75) is 18.7 Å². The molecule has 0 aromatic heterocycles. The second-order valence-corrected chi connectivity index (χ2v) is 3.67. The molecule has 1 fully saturated rings. The molecule has 2 atom stereocenters. The van der Waals surface area contributed by atoms with Crippen LogP contribution in [0.25, 0.3) is 0 Å². The molecule has 1 aliphatic heterocycles. The van der Waals surface area contributed by atoms with E-state index in [0.29, 0.717) is 5.56 Å². The molecule has 0 bridgehead atoms. The van der Waals surface area contributed by atoms with Crippen molar-refractivity contribution >= 4 is 5.97 Å². The predicted molar refractivity (Wildman–Crippen MR) is 49.4 cm³/mol. The molecule has 0 aliphatic carbocycles. The molecule has 0 radical (unpaired) electrons. The Hall–Kier alpha value is -1.52. The first-order chi connectivity index (χ1) is 7.48. The Kier molecular flexibility index (Phi) is 2.61. The van der Waals surface area contributed by atoms with E-state index >= 15 is 0 Å². The molecule has 0 saturated carbocycles. The molecule has 0 N–H and O–H groups in total. The zero-order valence-electron chi connectivity index (χ0n) is 8.20. The minimum Gasteiger partial charge on any atom is -0.457 e. The van der Waals surface area contributed by atoms with Crippen LogP contribution >= 0.6 is 0 Å². The fourth-order valence-corrected chi connectivity index (χ4v) is 1.72. The molecule has 2 rings (SSSR count). The number of rotatable bonds is 1. The van der Waals surface area contributed by atoms with E-state index in [1.165, 1.54) is 0 Å². The second kappa shape index (κ2) is 3.81. The summed E-state index contributed by atoms with van der Waals surface area (Å²) in [4.78, 5) is 11.1. The van der Waals surface area contributed by atoms with E-state index < -0.39 is 24.2 Å². The van der Waals surface area contributed by atoms with Gasteiger partial charge in [0.1, 0.15) is 6.10 Å². The average Bonchev–Trinajstić information content (AvgIpc) is 2.61. The standard InChI is InChI=1S/C11H9F3O2/c12-11(13,14)8-6-9(16-10(8)15)7-4-2-1-3-5-7/h1-5,8-9H,6H2/t8-,9+/m1/s1. The molecule has 16 heavy (non-hydrogen) atoms. The van der Waals surface area contributed by atoms with Gasteiger partial charge < -0.3 is 4.74 Å². The fourth-order valence-electron chi connectivity index (χ4n) is 1.72. The summed E-state index contributed by atoms with van der Waals surface area (Å²) in [5.41, 5.74) is 0.600. The van der Waals surface area contributed by atoms with Crippen molar-refractivity contribution in [2.24, 2.45) is 5.92 Å². The summed E-state index contributed by atoms with van der Waals surface area (Å²) in [6.45, 7) is 0. The Morgan fingerprint density at radius 2 is 1.81 bits per heavy atom. The Morgan fingerprint density at radius 1 is 1.19 bits per heavy atom. The first kappa shape index (κ1) is 11.0. The quantitative estimate of drug-likeness (QED) is 0.693. The maximum Gasteiger partial charge on any atom is 0.402 e. The lowest BCUT2D eigenvalue weighted by molar-refractivity contribution is -0.185. The van der Waals surface area contributed by atoms with Crippen LogP contribution in [0, 0.1) is 5.92 Å². The molecule has 0 amide bonds. The van der Waals surface area contributed by atoms with Gasteiger partial charge >= 0.3 is 12.1 Å². The molecule has 0 unspecified atom stereocenters. The van der Waals surface area contributed by atoms with Crippen LogP contribution in [0.15, 0.2) is 30.3 Å². The number of alkyl halides is 3. The lowest BCUT2D eigenvalue weighted by atomic mass is 10.00. The van der Waals surface area contributed by atoms with Crippen molar-refractivity contribution in [1.82, 2.24) is 0 Å². The maximum absolute atomic E-state index is 12.4. The summed E-state index contributed by atoms with van der Waals surface area (Å²) < 4.78 is 41.9. The number of cyclic esters (lactones) is 1. The SMILES string of the molecule is O=C1O[C@H](c2ccccc2)C[C@H]1C(F)(F)F. The number of carbonyl (C=O) groups excluding carboxylic acids is 1. The molecule has 0 spiro atoms. The van der Waals surface area contributed by atoms with Gasteiger partial charge in [-0.3, -0.25) is 4.79 Å². The zero-order valence-corrected chi connectivity index (χ0v) is 8.20. The topological polar surface area (TPSA) is 26.3 Å². The highest BCUT2D eigenvalue weighted by molar-refractivity contribution is 5.75. The number of esters is 1. The van der Waals surface area contributed by atoms with Crippen LogP contribution in [0.4, 0.5) is 13.2 Å². The molecular weight excluding hydrogens is 221 g/mol. The van der Waals surface area contributed by atoms with Gasteiger partial charge in [0, 0.05) is 6.42 Å². The Balaban J connectivity index is 2.16. The highest BCUT2D eigenvalue weighted by Gasteiger charge is 2.52. The van der Waals surface area contributed by atoms with Crippen LogP contribution < -0.4 is 0 Å². The van der Waals surface area contributed by atoms with Gasteiger partial charge in [0.2, 0.25) is 0 Å². The monoisotopic (exact) mass is 230 g/mol. The predicted octanol–water partition coefficient (Wildman–Crippen LogP) is 2.85. The third kappa shape index (κ3) is 2.03. The van der Waals surface area contributed by atoms with Crippen molar-refractivity contribution in [3.63, 3.8) is 0 Å². The number of hydrogen-bond donors (Lipinski definition) is 0. The molecule has 1 aromatic carbocycles. The largest absolute Gasteiger partial charge is 0.457 e. The average molecular weight is 230 g/mol. The summed E-state index contributed by atoms with van der Waals surface area (Å²) in [6.07, 6.45) is -5.62. The number of ether oxygens (including phenoxy) is 1. The Labute approximate surface area is 90.0 Å². The normalized spacial score (nSPS) is 25.6. The van der Waals surface area contributed by atoms with E-state index in [2.05, 4.69) is 0 Å². The molecule has 1 aliphatic rings. The first-order valence-electron chi connectivity index (χ1n) is 4.80. The molecule has 1 heterocycles. The van der Waals surface area contributed by atoms with Crippen molar-refractivity contribution in [1.29, 1.82) is 0 Å². The second-order valence-electron chi connectivity index (χ2n) is 3.67. The van der Waals surface area contributed by atoms with Crippen LogP contribution in [0.2, 0.25) is 0 Å². The molecule has 2 nitrogen and oxygen atoms in total. The van der Waals surface area contributed by atoms with Gasteiger partial charge in [0.15, 0.2) is 5.92 Å². The Bertz CT molecular complexity index is 386. The first-order valence-corrected chi connectivity index (χ1v) is 4.80. The van der Waals surface area contributed by atoms with Crippen molar-refractivity contribution in [3.05, 3.63) is 35.9 Å². The number of carbonyl (C=O) groups is 1. The van der Waals surface area contributed by atoms with E-state index in [1.54, 1.807) is 30.3 Å². The fraction of sp³-hybridized carbons (Fsp3) is 0.364. The molecule has 1 saturated heterocycles. The van der Waals surface area contributed by atoms with E-state index in [4.69, 9.17) is 4.74 Å². The van der Waals surface area contributed by atoms with Crippen molar-refractivity contribution in [3.8, 4) is 0 Å². The van der Waals surface area contributed by atoms with Gasteiger partial charge in [-0.2, -0.15) is 13.2 Å². The third-order valence-corrected chi connectivity index (χ3v) is 2.56. The zero-order chi connectivity index (χ0) is 11.8.